The second-order valence-electron chi connectivity index (χ2n) is 8.66. The van der Waals surface area contributed by atoms with E-state index in [2.05, 4.69) is 55.2 Å². The minimum Gasteiger partial charge on any atom is -0.494 e. The third-order valence-corrected chi connectivity index (χ3v) is 5.93. The normalized spacial score (nSPS) is 16.2. The molecule has 2 heterocycles. The van der Waals surface area contributed by atoms with E-state index in [1.54, 1.807) is 0 Å². The van der Waals surface area contributed by atoms with Crippen molar-refractivity contribution >= 4 is 5.91 Å². The van der Waals surface area contributed by atoms with Crippen molar-refractivity contribution in [3.8, 4) is 17.1 Å². The fraction of sp³-hybridized carbons (Fsp3) is 0.423. The molecule has 2 aromatic carbocycles. The monoisotopic (exact) mass is 433 g/mol. The topological polar surface area (TPSA) is 68.5 Å². The van der Waals surface area contributed by atoms with Gasteiger partial charge in [0, 0.05) is 18.5 Å². The first-order chi connectivity index (χ1) is 15.5. The number of hydrogen-bond donors (Lipinski definition) is 0. The Balaban J connectivity index is 1.45. The lowest BCUT2D eigenvalue weighted by molar-refractivity contribution is -0.129. The molecule has 6 heteroatoms. The van der Waals surface area contributed by atoms with Crippen LogP contribution in [0.4, 0.5) is 0 Å². The number of likely N-dealkylation sites (tertiary alicyclic amines) is 1. The molecule has 32 heavy (non-hydrogen) atoms. The van der Waals surface area contributed by atoms with Gasteiger partial charge in [-0.15, -0.1) is 0 Å². The number of rotatable bonds is 9. The minimum absolute atomic E-state index is 0.122. The van der Waals surface area contributed by atoms with Gasteiger partial charge in [-0.3, -0.25) is 4.79 Å². The van der Waals surface area contributed by atoms with E-state index >= 15 is 0 Å². The van der Waals surface area contributed by atoms with Crippen LogP contribution < -0.4 is 4.74 Å². The van der Waals surface area contributed by atoms with Crippen LogP contribution in [0.1, 0.15) is 75.4 Å². The van der Waals surface area contributed by atoms with Crippen molar-refractivity contribution in [1.29, 1.82) is 0 Å². The Hall–Kier alpha value is -3.15. The standard InChI is InChI=1S/C26H31N3O3/c1-4-5-16-31-22-12-10-21(11-13-22)25-27-26(32-28-25)23-14-15-24(30)29(23)17-19-6-8-20(9-7-19)18(2)3/h6-13,18,23H,4-5,14-17H2,1-3H3. The summed E-state index contributed by atoms with van der Waals surface area (Å²) >= 11 is 0. The zero-order chi connectivity index (χ0) is 22.5. The van der Waals surface area contributed by atoms with E-state index in [1.807, 2.05) is 29.2 Å². The van der Waals surface area contributed by atoms with Gasteiger partial charge in [-0.05, 0) is 54.2 Å². The van der Waals surface area contributed by atoms with Gasteiger partial charge in [0.25, 0.3) is 0 Å². The SMILES string of the molecule is CCCCOc1ccc(-c2noc(C3CCC(=O)N3Cc3ccc(C(C)C)cc3)n2)cc1. The second kappa shape index (κ2) is 9.98. The van der Waals surface area contributed by atoms with Crippen molar-refractivity contribution in [2.75, 3.05) is 6.61 Å². The molecule has 1 atom stereocenters. The predicted molar refractivity (Wildman–Crippen MR) is 123 cm³/mol. The van der Waals surface area contributed by atoms with Gasteiger partial charge in [-0.2, -0.15) is 4.98 Å². The number of carbonyl (C=O) groups is 1. The highest BCUT2D eigenvalue weighted by atomic mass is 16.5. The van der Waals surface area contributed by atoms with Crippen molar-refractivity contribution < 1.29 is 14.1 Å². The highest BCUT2D eigenvalue weighted by Gasteiger charge is 2.36. The first kappa shape index (κ1) is 22.1. The van der Waals surface area contributed by atoms with E-state index in [0.29, 0.717) is 43.6 Å². The van der Waals surface area contributed by atoms with E-state index in [-0.39, 0.29) is 11.9 Å². The van der Waals surface area contributed by atoms with E-state index < -0.39 is 0 Å². The van der Waals surface area contributed by atoms with Gasteiger partial charge in [0.05, 0.1) is 6.61 Å². The van der Waals surface area contributed by atoms with Crippen molar-refractivity contribution in [2.24, 2.45) is 0 Å². The van der Waals surface area contributed by atoms with Crippen LogP contribution in [0.2, 0.25) is 0 Å². The van der Waals surface area contributed by atoms with Crippen molar-refractivity contribution in [3.63, 3.8) is 0 Å². The van der Waals surface area contributed by atoms with E-state index in [4.69, 9.17) is 9.26 Å². The quantitative estimate of drug-likeness (QED) is 0.393. The number of benzene rings is 2. The molecule has 0 aliphatic carbocycles. The first-order valence-electron chi connectivity index (χ1n) is 11.5. The third kappa shape index (κ3) is 5.01. The van der Waals surface area contributed by atoms with Crippen molar-refractivity contribution in [1.82, 2.24) is 15.0 Å². The molecule has 0 bridgehead atoms. The Morgan fingerprint density at radius 1 is 1.12 bits per heavy atom. The smallest absolute Gasteiger partial charge is 0.249 e. The summed E-state index contributed by atoms with van der Waals surface area (Å²) < 4.78 is 11.3. The molecule has 1 saturated heterocycles. The first-order valence-corrected chi connectivity index (χ1v) is 11.5. The zero-order valence-corrected chi connectivity index (χ0v) is 19.1. The summed E-state index contributed by atoms with van der Waals surface area (Å²) in [5.41, 5.74) is 3.26. The molecule has 0 radical (unpaired) electrons. The Bertz CT molecular complexity index is 1030. The molecule has 4 rings (SSSR count). The summed E-state index contributed by atoms with van der Waals surface area (Å²) in [6, 6.07) is 16.0. The number of hydrogen-bond acceptors (Lipinski definition) is 5. The number of amides is 1. The van der Waals surface area contributed by atoms with Gasteiger partial charge < -0.3 is 14.2 Å². The van der Waals surface area contributed by atoms with Crippen LogP contribution in [0.5, 0.6) is 5.75 Å². The predicted octanol–water partition coefficient (Wildman–Crippen LogP) is 5.90. The molecule has 1 unspecified atom stereocenters. The lowest BCUT2D eigenvalue weighted by Crippen LogP contribution is -2.27. The summed E-state index contributed by atoms with van der Waals surface area (Å²) in [6.45, 7) is 7.75. The van der Waals surface area contributed by atoms with Crippen LogP contribution in [-0.4, -0.2) is 27.6 Å². The number of unbranched alkanes of at least 4 members (excludes halogenated alkanes) is 1. The molecule has 0 saturated carbocycles. The Kier molecular flexibility index (Phi) is 6.88. The highest BCUT2D eigenvalue weighted by molar-refractivity contribution is 5.78. The van der Waals surface area contributed by atoms with Crippen molar-refractivity contribution in [2.45, 2.75) is 65.0 Å². The Morgan fingerprint density at radius 3 is 2.56 bits per heavy atom. The fourth-order valence-electron chi connectivity index (χ4n) is 3.92. The van der Waals surface area contributed by atoms with E-state index in [1.165, 1.54) is 5.56 Å². The number of ether oxygens (including phenoxy) is 1. The molecule has 168 valence electrons. The minimum atomic E-state index is -0.190. The van der Waals surface area contributed by atoms with Crippen molar-refractivity contribution in [3.05, 3.63) is 65.5 Å². The van der Waals surface area contributed by atoms with Gasteiger partial charge in [0.1, 0.15) is 11.8 Å². The average Bonchev–Trinajstić information content (AvgIpc) is 3.42. The highest BCUT2D eigenvalue weighted by Crippen LogP contribution is 2.34. The van der Waals surface area contributed by atoms with Crippen LogP contribution in [0.25, 0.3) is 11.4 Å². The van der Waals surface area contributed by atoms with Crippen LogP contribution in [0, 0.1) is 0 Å². The molecule has 1 aromatic heterocycles. The molecule has 1 amide bonds. The molecule has 6 nitrogen and oxygen atoms in total. The maximum absolute atomic E-state index is 12.6. The second-order valence-corrected chi connectivity index (χ2v) is 8.66. The molecular weight excluding hydrogens is 402 g/mol. The van der Waals surface area contributed by atoms with Gasteiger partial charge in [-0.25, -0.2) is 0 Å². The molecule has 1 fully saturated rings. The lowest BCUT2D eigenvalue weighted by atomic mass is 10.0. The average molecular weight is 434 g/mol. The summed E-state index contributed by atoms with van der Waals surface area (Å²) in [5.74, 6) is 2.46. The number of carbonyl (C=O) groups excluding carboxylic acids is 1. The third-order valence-electron chi connectivity index (χ3n) is 5.93. The lowest BCUT2D eigenvalue weighted by Gasteiger charge is -2.22. The largest absolute Gasteiger partial charge is 0.494 e. The molecule has 0 spiro atoms. The summed E-state index contributed by atoms with van der Waals surface area (Å²) in [5, 5.41) is 4.17. The number of aromatic nitrogens is 2. The molecule has 0 N–H and O–H groups in total. The Morgan fingerprint density at radius 2 is 1.88 bits per heavy atom. The summed E-state index contributed by atoms with van der Waals surface area (Å²) in [4.78, 5) is 19.1. The van der Waals surface area contributed by atoms with E-state index in [9.17, 15) is 4.79 Å². The Labute approximate surface area is 189 Å². The van der Waals surface area contributed by atoms with E-state index in [0.717, 1.165) is 29.7 Å². The van der Waals surface area contributed by atoms with Gasteiger partial charge >= 0.3 is 0 Å². The summed E-state index contributed by atoms with van der Waals surface area (Å²) in [6.07, 6.45) is 3.33. The van der Waals surface area contributed by atoms with Crippen LogP contribution >= 0.6 is 0 Å². The molecular formula is C26H31N3O3. The maximum Gasteiger partial charge on any atom is 0.249 e. The molecule has 3 aromatic rings. The summed E-state index contributed by atoms with van der Waals surface area (Å²) in [7, 11) is 0. The molecule has 1 aliphatic heterocycles. The maximum atomic E-state index is 12.6. The zero-order valence-electron chi connectivity index (χ0n) is 19.1. The van der Waals surface area contributed by atoms with Crippen LogP contribution in [0.3, 0.4) is 0 Å². The van der Waals surface area contributed by atoms with Gasteiger partial charge in [0.2, 0.25) is 17.6 Å². The molecule has 1 aliphatic rings. The van der Waals surface area contributed by atoms with Gasteiger partial charge in [-0.1, -0.05) is 56.6 Å². The van der Waals surface area contributed by atoms with Gasteiger partial charge in [0.15, 0.2) is 0 Å². The van der Waals surface area contributed by atoms with Crippen LogP contribution in [-0.2, 0) is 11.3 Å². The number of nitrogens with zero attached hydrogens (tertiary/aromatic N) is 3. The fourth-order valence-corrected chi connectivity index (χ4v) is 3.92. The van der Waals surface area contributed by atoms with Crippen LogP contribution in [0.15, 0.2) is 53.1 Å².